The molecular formula is C8H12N2O. The molecule has 0 fully saturated rings. The molecule has 1 heterocycles. The number of aryl methyl sites for hydroxylation is 2. The molecule has 3 nitrogen and oxygen atoms in total. The van der Waals surface area contributed by atoms with Gasteiger partial charge in [-0.15, -0.1) is 0 Å². The molecule has 0 amide bonds. The number of nitrogens with zero attached hydrogens (tertiary/aromatic N) is 2. The summed E-state index contributed by atoms with van der Waals surface area (Å²) in [4.78, 5) is 0. The van der Waals surface area contributed by atoms with E-state index in [9.17, 15) is 0 Å². The second kappa shape index (κ2) is 3.34. The summed E-state index contributed by atoms with van der Waals surface area (Å²) in [5.74, 6) is 0. The molecule has 0 aromatic carbocycles. The van der Waals surface area contributed by atoms with Gasteiger partial charge in [0, 0.05) is 7.05 Å². The number of rotatable bonds is 2. The van der Waals surface area contributed by atoms with Gasteiger partial charge >= 0.3 is 0 Å². The summed E-state index contributed by atoms with van der Waals surface area (Å²) in [6, 6.07) is 1.96. The third-order valence-corrected chi connectivity index (χ3v) is 1.43. The van der Waals surface area contributed by atoms with Crippen LogP contribution in [-0.2, 0) is 7.05 Å². The SMILES string of the molecule is Cc1cc(/C=C/CO)n(C)n1. The van der Waals surface area contributed by atoms with E-state index in [0.29, 0.717) is 0 Å². The van der Waals surface area contributed by atoms with Crippen molar-refractivity contribution >= 4 is 6.08 Å². The van der Waals surface area contributed by atoms with Gasteiger partial charge in [0.15, 0.2) is 0 Å². The van der Waals surface area contributed by atoms with Gasteiger partial charge in [-0.25, -0.2) is 0 Å². The molecule has 1 N–H and O–H groups in total. The minimum atomic E-state index is 0.0736. The number of aliphatic hydroxyl groups is 1. The quantitative estimate of drug-likeness (QED) is 0.678. The highest BCUT2D eigenvalue weighted by Crippen LogP contribution is 2.02. The summed E-state index contributed by atoms with van der Waals surface area (Å²) < 4.78 is 1.78. The van der Waals surface area contributed by atoms with Crippen LogP contribution >= 0.6 is 0 Å². The monoisotopic (exact) mass is 152 g/mol. The fourth-order valence-electron chi connectivity index (χ4n) is 0.960. The van der Waals surface area contributed by atoms with Gasteiger partial charge in [-0.3, -0.25) is 4.68 Å². The average molecular weight is 152 g/mol. The zero-order chi connectivity index (χ0) is 8.27. The van der Waals surface area contributed by atoms with Crippen molar-refractivity contribution in [3.05, 3.63) is 23.5 Å². The van der Waals surface area contributed by atoms with Gasteiger partial charge in [0.1, 0.15) is 0 Å². The third kappa shape index (κ3) is 1.91. The second-order valence-corrected chi connectivity index (χ2v) is 2.42. The lowest BCUT2D eigenvalue weighted by Crippen LogP contribution is -1.92. The van der Waals surface area contributed by atoms with Crippen molar-refractivity contribution in [3.63, 3.8) is 0 Å². The van der Waals surface area contributed by atoms with Crippen LogP contribution in [0.1, 0.15) is 11.4 Å². The Balaban J connectivity index is 2.85. The first kappa shape index (κ1) is 8.01. The van der Waals surface area contributed by atoms with Crippen molar-refractivity contribution in [2.75, 3.05) is 6.61 Å². The largest absolute Gasteiger partial charge is 0.392 e. The molecule has 1 aromatic heterocycles. The van der Waals surface area contributed by atoms with Gasteiger partial charge in [-0.1, -0.05) is 6.08 Å². The van der Waals surface area contributed by atoms with E-state index in [2.05, 4.69) is 5.10 Å². The molecule has 0 saturated carbocycles. The lowest BCUT2D eigenvalue weighted by Gasteiger charge is -1.91. The Morgan fingerprint density at radius 1 is 1.73 bits per heavy atom. The average Bonchev–Trinajstić information content (AvgIpc) is 2.26. The first-order valence-electron chi connectivity index (χ1n) is 3.52. The minimum Gasteiger partial charge on any atom is -0.392 e. The Morgan fingerprint density at radius 3 is 2.91 bits per heavy atom. The molecule has 0 atom stereocenters. The summed E-state index contributed by atoms with van der Waals surface area (Å²) in [7, 11) is 1.88. The smallest absolute Gasteiger partial charge is 0.0616 e. The summed E-state index contributed by atoms with van der Waals surface area (Å²) in [6.45, 7) is 2.01. The third-order valence-electron chi connectivity index (χ3n) is 1.43. The van der Waals surface area contributed by atoms with Gasteiger partial charge < -0.3 is 5.11 Å². The van der Waals surface area contributed by atoms with Crippen LogP contribution in [0.4, 0.5) is 0 Å². The predicted molar refractivity (Wildman–Crippen MR) is 44.1 cm³/mol. The molecule has 0 saturated heterocycles. The predicted octanol–water partition coefficient (Wildman–Crippen LogP) is 0.734. The van der Waals surface area contributed by atoms with E-state index in [-0.39, 0.29) is 6.61 Å². The van der Waals surface area contributed by atoms with Crippen molar-refractivity contribution in [2.24, 2.45) is 7.05 Å². The highest BCUT2D eigenvalue weighted by atomic mass is 16.2. The minimum absolute atomic E-state index is 0.0736. The molecule has 1 aromatic rings. The highest BCUT2D eigenvalue weighted by molar-refractivity contribution is 5.45. The van der Waals surface area contributed by atoms with Crippen LogP contribution in [0.2, 0.25) is 0 Å². The summed E-state index contributed by atoms with van der Waals surface area (Å²) in [5, 5.41) is 12.7. The molecule has 60 valence electrons. The van der Waals surface area contributed by atoms with Crippen molar-refractivity contribution in [2.45, 2.75) is 6.92 Å². The van der Waals surface area contributed by atoms with Crippen LogP contribution in [0, 0.1) is 6.92 Å². The zero-order valence-corrected chi connectivity index (χ0v) is 6.78. The summed E-state index contributed by atoms with van der Waals surface area (Å²) >= 11 is 0. The van der Waals surface area contributed by atoms with Crippen LogP contribution in [-0.4, -0.2) is 21.5 Å². The first-order valence-corrected chi connectivity index (χ1v) is 3.52. The van der Waals surface area contributed by atoms with Crippen molar-refractivity contribution in [1.29, 1.82) is 0 Å². The maximum absolute atomic E-state index is 8.51. The fourth-order valence-corrected chi connectivity index (χ4v) is 0.960. The Hall–Kier alpha value is -1.09. The molecule has 3 heteroatoms. The molecule has 0 unspecified atom stereocenters. The molecule has 0 aliphatic rings. The highest BCUT2D eigenvalue weighted by Gasteiger charge is 1.95. The Labute approximate surface area is 66.0 Å². The number of hydrogen-bond acceptors (Lipinski definition) is 2. The molecule has 1 rings (SSSR count). The van der Waals surface area contributed by atoms with E-state index in [0.717, 1.165) is 11.4 Å². The number of hydrogen-bond donors (Lipinski definition) is 1. The van der Waals surface area contributed by atoms with Crippen LogP contribution in [0.5, 0.6) is 0 Å². The van der Waals surface area contributed by atoms with Gasteiger partial charge in [-0.05, 0) is 19.1 Å². The van der Waals surface area contributed by atoms with Crippen LogP contribution < -0.4 is 0 Å². The van der Waals surface area contributed by atoms with E-state index < -0.39 is 0 Å². The van der Waals surface area contributed by atoms with Gasteiger partial charge in [-0.2, -0.15) is 5.10 Å². The van der Waals surface area contributed by atoms with Crippen LogP contribution in [0.3, 0.4) is 0 Å². The first-order chi connectivity index (χ1) is 5.24. The van der Waals surface area contributed by atoms with Crippen molar-refractivity contribution < 1.29 is 5.11 Å². The molecule has 0 aliphatic carbocycles. The molecule has 0 radical (unpaired) electrons. The Morgan fingerprint density at radius 2 is 2.45 bits per heavy atom. The molecular weight excluding hydrogens is 140 g/mol. The standard InChI is InChI=1S/C8H12N2O/c1-7-6-8(4-3-5-11)10(2)9-7/h3-4,6,11H,5H2,1-2H3/b4-3+. The number of aliphatic hydroxyl groups excluding tert-OH is 1. The zero-order valence-electron chi connectivity index (χ0n) is 6.78. The number of aromatic nitrogens is 2. The van der Waals surface area contributed by atoms with Gasteiger partial charge in [0.05, 0.1) is 18.0 Å². The van der Waals surface area contributed by atoms with E-state index in [1.165, 1.54) is 0 Å². The molecule has 11 heavy (non-hydrogen) atoms. The van der Waals surface area contributed by atoms with E-state index >= 15 is 0 Å². The lowest BCUT2D eigenvalue weighted by molar-refractivity contribution is 0.343. The molecule has 0 spiro atoms. The van der Waals surface area contributed by atoms with Gasteiger partial charge in [0.2, 0.25) is 0 Å². The van der Waals surface area contributed by atoms with E-state index in [1.807, 2.05) is 26.1 Å². The molecule has 0 bridgehead atoms. The van der Waals surface area contributed by atoms with Gasteiger partial charge in [0.25, 0.3) is 0 Å². The topological polar surface area (TPSA) is 38.0 Å². The Kier molecular flexibility index (Phi) is 2.44. The molecule has 0 aliphatic heterocycles. The second-order valence-electron chi connectivity index (χ2n) is 2.42. The van der Waals surface area contributed by atoms with Crippen LogP contribution in [0.15, 0.2) is 12.1 Å². The lowest BCUT2D eigenvalue weighted by atomic mass is 10.3. The maximum atomic E-state index is 8.51. The van der Waals surface area contributed by atoms with Crippen molar-refractivity contribution in [3.8, 4) is 0 Å². The summed E-state index contributed by atoms with van der Waals surface area (Å²) in [5.41, 5.74) is 2.00. The van der Waals surface area contributed by atoms with Crippen molar-refractivity contribution in [1.82, 2.24) is 9.78 Å². The Bertz CT molecular complexity index is 263. The fraction of sp³-hybridized carbons (Fsp3) is 0.375. The normalized spacial score (nSPS) is 11.2. The maximum Gasteiger partial charge on any atom is 0.0616 e. The van der Waals surface area contributed by atoms with E-state index in [4.69, 9.17) is 5.11 Å². The van der Waals surface area contributed by atoms with Crippen LogP contribution in [0.25, 0.3) is 6.08 Å². The summed E-state index contributed by atoms with van der Waals surface area (Å²) in [6.07, 6.45) is 3.54. The van der Waals surface area contributed by atoms with E-state index in [1.54, 1.807) is 10.8 Å².